The molecule has 0 saturated carbocycles. The van der Waals surface area contributed by atoms with Gasteiger partial charge in [-0.3, -0.25) is 0 Å². The van der Waals surface area contributed by atoms with E-state index in [2.05, 4.69) is 6.92 Å². The molecule has 8 heteroatoms. The van der Waals surface area contributed by atoms with Crippen LogP contribution in [-0.4, -0.2) is 30.5 Å². The number of aryl methyl sites for hydroxylation is 1. The molecule has 1 aromatic carbocycles. The van der Waals surface area contributed by atoms with E-state index in [4.69, 9.17) is 15.0 Å². The van der Waals surface area contributed by atoms with Crippen molar-refractivity contribution < 1.29 is 27.7 Å². The first-order valence-electron chi connectivity index (χ1n) is 9.38. The number of nitrogens with two attached hydrogens (primary N) is 1. The molecule has 0 heterocycles. The van der Waals surface area contributed by atoms with Crippen LogP contribution in [0.15, 0.2) is 18.2 Å². The molecule has 154 valence electrons. The van der Waals surface area contributed by atoms with Crippen LogP contribution in [0.4, 0.5) is 8.78 Å². The Bertz CT molecular complexity index is 563. The molecule has 1 rings (SSSR count). The summed E-state index contributed by atoms with van der Waals surface area (Å²) in [7, 11) is -0.960. The second kappa shape index (κ2) is 13.1. The SMILES string of the molecule is CCCCCCCOc1ccc(CCC(N)(CO)CO[PH+]=O)cc1C(F)F. The Hall–Kier alpha value is -1.14. The Kier molecular flexibility index (Phi) is 11.6. The smallest absolute Gasteiger partial charge is 0.493 e. The first-order chi connectivity index (χ1) is 13.0. The van der Waals surface area contributed by atoms with Gasteiger partial charge in [-0.05, 0) is 41.5 Å². The van der Waals surface area contributed by atoms with Gasteiger partial charge in [0, 0.05) is 0 Å². The lowest BCUT2D eigenvalue weighted by atomic mass is 9.93. The minimum absolute atomic E-state index is 0.0631. The summed E-state index contributed by atoms with van der Waals surface area (Å²) in [5.41, 5.74) is 5.47. The highest BCUT2D eigenvalue weighted by molar-refractivity contribution is 7.17. The molecule has 0 amide bonds. The summed E-state index contributed by atoms with van der Waals surface area (Å²) in [6.45, 7) is 2.15. The normalized spacial score (nSPS) is 13.9. The average Bonchev–Trinajstić information content (AvgIpc) is 2.67. The van der Waals surface area contributed by atoms with Gasteiger partial charge in [-0.2, -0.15) is 0 Å². The molecule has 27 heavy (non-hydrogen) atoms. The first-order valence-corrected chi connectivity index (χ1v) is 10.2. The molecule has 0 aliphatic heterocycles. The highest BCUT2D eigenvalue weighted by Gasteiger charge is 2.26. The van der Waals surface area contributed by atoms with Crippen LogP contribution in [0.5, 0.6) is 5.75 Å². The van der Waals surface area contributed by atoms with E-state index in [0.717, 1.165) is 25.7 Å². The van der Waals surface area contributed by atoms with Crippen LogP contribution in [0.3, 0.4) is 0 Å². The van der Waals surface area contributed by atoms with Crippen LogP contribution < -0.4 is 10.5 Å². The van der Waals surface area contributed by atoms with Gasteiger partial charge in [-0.25, -0.2) is 8.78 Å². The van der Waals surface area contributed by atoms with Crippen molar-refractivity contribution in [2.45, 2.75) is 63.8 Å². The summed E-state index contributed by atoms with van der Waals surface area (Å²) in [5.74, 6) is 0.210. The van der Waals surface area contributed by atoms with E-state index in [1.165, 1.54) is 12.5 Å². The van der Waals surface area contributed by atoms with Crippen LogP contribution >= 0.6 is 8.69 Å². The van der Waals surface area contributed by atoms with E-state index in [9.17, 15) is 18.5 Å². The zero-order valence-electron chi connectivity index (χ0n) is 15.9. The Morgan fingerprint density at radius 2 is 2.00 bits per heavy atom. The van der Waals surface area contributed by atoms with Gasteiger partial charge in [-0.15, -0.1) is 4.52 Å². The highest BCUT2D eigenvalue weighted by Crippen LogP contribution is 2.31. The van der Waals surface area contributed by atoms with Crippen molar-refractivity contribution in [2.24, 2.45) is 5.73 Å². The fourth-order valence-electron chi connectivity index (χ4n) is 2.71. The summed E-state index contributed by atoms with van der Waals surface area (Å²) in [6.07, 6.45) is 3.40. The lowest BCUT2D eigenvalue weighted by molar-refractivity contribution is 0.133. The molecule has 0 aromatic heterocycles. The zero-order chi connectivity index (χ0) is 20.1. The lowest BCUT2D eigenvalue weighted by Crippen LogP contribution is -2.47. The molecule has 0 bridgehead atoms. The van der Waals surface area contributed by atoms with E-state index >= 15 is 0 Å². The maximum atomic E-state index is 13.4. The molecule has 1 aromatic rings. The van der Waals surface area contributed by atoms with Gasteiger partial charge >= 0.3 is 8.69 Å². The summed E-state index contributed by atoms with van der Waals surface area (Å²) in [5, 5.41) is 9.41. The van der Waals surface area contributed by atoms with E-state index in [1.807, 2.05) is 0 Å². The topological polar surface area (TPSA) is 81.8 Å². The molecule has 5 nitrogen and oxygen atoms in total. The molecule has 0 saturated heterocycles. The minimum atomic E-state index is -2.63. The van der Waals surface area contributed by atoms with Gasteiger partial charge in [0.1, 0.15) is 12.4 Å². The minimum Gasteiger partial charge on any atom is -0.493 e. The maximum absolute atomic E-state index is 13.4. The third-order valence-electron chi connectivity index (χ3n) is 4.46. The number of unbranched alkanes of at least 4 members (excludes halogenated alkanes) is 4. The van der Waals surface area contributed by atoms with Gasteiger partial charge < -0.3 is 15.6 Å². The number of benzene rings is 1. The Balaban J connectivity index is 2.65. The lowest BCUT2D eigenvalue weighted by Gasteiger charge is -2.24. The number of alkyl halides is 2. The monoisotopic (exact) mass is 406 g/mol. The van der Waals surface area contributed by atoms with Crippen LogP contribution in [0.2, 0.25) is 0 Å². The predicted molar refractivity (Wildman–Crippen MR) is 103 cm³/mol. The number of aliphatic hydroxyl groups is 1. The number of aliphatic hydroxyl groups excluding tert-OH is 1. The van der Waals surface area contributed by atoms with Crippen molar-refractivity contribution in [1.82, 2.24) is 0 Å². The largest absolute Gasteiger partial charge is 0.494 e. The predicted octanol–water partition coefficient (Wildman–Crippen LogP) is 4.55. The van der Waals surface area contributed by atoms with Crippen LogP contribution in [0.1, 0.15) is 63.0 Å². The Morgan fingerprint density at radius 1 is 1.26 bits per heavy atom. The van der Waals surface area contributed by atoms with Crippen molar-refractivity contribution in [3.8, 4) is 5.75 Å². The Labute approximate surface area is 161 Å². The molecule has 0 aliphatic carbocycles. The molecule has 0 fully saturated rings. The fourth-order valence-corrected chi connectivity index (χ4v) is 3.05. The summed E-state index contributed by atoms with van der Waals surface area (Å²) in [4.78, 5) is 0. The zero-order valence-corrected chi connectivity index (χ0v) is 16.9. The second-order valence-corrected chi connectivity index (χ2v) is 7.28. The van der Waals surface area contributed by atoms with Crippen LogP contribution in [0.25, 0.3) is 0 Å². The second-order valence-electron chi connectivity index (χ2n) is 6.83. The van der Waals surface area contributed by atoms with Crippen molar-refractivity contribution in [1.29, 1.82) is 0 Å². The quantitative estimate of drug-likeness (QED) is 0.330. The fraction of sp³-hybridized carbons (Fsp3) is 0.684. The van der Waals surface area contributed by atoms with Crippen molar-refractivity contribution >= 4 is 8.69 Å². The summed E-state index contributed by atoms with van der Waals surface area (Å²) >= 11 is 0. The number of rotatable bonds is 15. The van der Waals surface area contributed by atoms with Crippen LogP contribution in [0, 0.1) is 0 Å². The molecule has 3 N–H and O–H groups in total. The van der Waals surface area contributed by atoms with E-state index in [-0.39, 0.29) is 24.5 Å². The standard InChI is InChI=1S/C19H31F2NO4P/c1-2-3-4-5-6-11-25-17-8-7-15(12-16(17)18(20)21)9-10-19(22,13-23)14-26-27-24/h7-8,12,18,23,27H,2-6,9-11,13-14,22H2,1H3/q+1. The first kappa shape index (κ1) is 23.9. The third-order valence-corrected chi connectivity index (χ3v) is 4.72. The highest BCUT2D eigenvalue weighted by atomic mass is 31.1. The maximum Gasteiger partial charge on any atom is 0.494 e. The molecular weight excluding hydrogens is 375 g/mol. The molecule has 0 spiro atoms. The number of hydrogen-bond donors (Lipinski definition) is 2. The molecule has 2 unspecified atom stereocenters. The van der Waals surface area contributed by atoms with Crippen molar-refractivity contribution in [3.05, 3.63) is 29.3 Å². The van der Waals surface area contributed by atoms with E-state index < -0.39 is 20.7 Å². The van der Waals surface area contributed by atoms with E-state index in [0.29, 0.717) is 25.0 Å². The van der Waals surface area contributed by atoms with Crippen LogP contribution in [-0.2, 0) is 15.5 Å². The van der Waals surface area contributed by atoms with Crippen molar-refractivity contribution in [3.63, 3.8) is 0 Å². The molecular formula is C19H31F2NO4P+. The van der Waals surface area contributed by atoms with Crippen molar-refractivity contribution in [2.75, 3.05) is 19.8 Å². The molecule has 2 atom stereocenters. The average molecular weight is 406 g/mol. The molecule has 0 radical (unpaired) electrons. The van der Waals surface area contributed by atoms with Gasteiger partial charge in [0.2, 0.25) is 0 Å². The van der Waals surface area contributed by atoms with Gasteiger partial charge in [-0.1, -0.05) is 38.7 Å². The summed E-state index contributed by atoms with van der Waals surface area (Å²) in [6, 6.07) is 4.72. The van der Waals surface area contributed by atoms with Gasteiger partial charge in [0.25, 0.3) is 6.43 Å². The Morgan fingerprint density at radius 3 is 2.63 bits per heavy atom. The number of hydrogen-bond acceptors (Lipinski definition) is 5. The number of halogens is 2. The molecule has 0 aliphatic rings. The number of ether oxygens (including phenoxy) is 1. The summed E-state index contributed by atoms with van der Waals surface area (Å²) < 4.78 is 47.6. The van der Waals surface area contributed by atoms with Gasteiger partial charge in [0.15, 0.2) is 0 Å². The third kappa shape index (κ3) is 9.06. The van der Waals surface area contributed by atoms with E-state index in [1.54, 1.807) is 12.1 Å². The van der Waals surface area contributed by atoms with Gasteiger partial charge in [0.05, 0.1) is 24.3 Å².